The van der Waals surface area contributed by atoms with Crippen LogP contribution in [-0.4, -0.2) is 15.7 Å². The standard InChI is InChI=1S/C22H28B2O3/c1-21(2,3)15-9-11(23)7-13-17(15)25-20-14-8-12(24)10-16(22(4,5)6)18(14)26-19(13)27-20/h7-10,19-20H,23-24H2,1-6H3. The van der Waals surface area contributed by atoms with Gasteiger partial charge in [-0.1, -0.05) is 76.7 Å². The Balaban J connectivity index is 1.90. The predicted octanol–water partition coefficient (Wildman–Crippen LogP) is 2.30. The molecule has 0 fully saturated rings. The Morgan fingerprint density at radius 1 is 0.667 bits per heavy atom. The molecule has 0 saturated carbocycles. The molecule has 0 amide bonds. The molecule has 2 aromatic rings. The molecule has 5 heteroatoms. The van der Waals surface area contributed by atoms with Crippen LogP contribution in [0.3, 0.4) is 0 Å². The van der Waals surface area contributed by atoms with Crippen LogP contribution in [0.2, 0.25) is 0 Å². The fraction of sp³-hybridized carbons (Fsp3) is 0.455. The minimum atomic E-state index is -0.434. The highest BCUT2D eigenvalue weighted by atomic mass is 16.8. The maximum absolute atomic E-state index is 6.46. The maximum Gasteiger partial charge on any atom is 0.233 e. The monoisotopic (exact) mass is 362 g/mol. The molecule has 3 nitrogen and oxygen atoms in total. The molecule has 0 N–H and O–H groups in total. The van der Waals surface area contributed by atoms with Gasteiger partial charge < -0.3 is 9.47 Å². The molecule has 2 aromatic carbocycles. The third-order valence-electron chi connectivity index (χ3n) is 5.34. The van der Waals surface area contributed by atoms with E-state index in [4.69, 9.17) is 14.2 Å². The van der Waals surface area contributed by atoms with E-state index in [1.54, 1.807) is 0 Å². The second-order valence-electron chi connectivity index (χ2n) is 10.00. The smallest absolute Gasteiger partial charge is 0.233 e. The van der Waals surface area contributed by atoms with Crippen molar-refractivity contribution < 1.29 is 14.2 Å². The molecule has 2 heterocycles. The van der Waals surface area contributed by atoms with E-state index >= 15 is 0 Å². The number of hydrogen-bond acceptors (Lipinski definition) is 3. The maximum atomic E-state index is 6.46. The normalized spacial score (nSPS) is 21.0. The highest BCUT2D eigenvalue weighted by molar-refractivity contribution is 6.32. The van der Waals surface area contributed by atoms with E-state index in [0.29, 0.717) is 0 Å². The van der Waals surface area contributed by atoms with Gasteiger partial charge in [-0.25, -0.2) is 0 Å². The summed E-state index contributed by atoms with van der Waals surface area (Å²) in [5.74, 6) is 1.83. The lowest BCUT2D eigenvalue weighted by molar-refractivity contribution is -0.228. The summed E-state index contributed by atoms with van der Waals surface area (Å²) in [5, 5.41) is 0. The van der Waals surface area contributed by atoms with Gasteiger partial charge in [-0.05, 0) is 22.0 Å². The van der Waals surface area contributed by atoms with Crippen LogP contribution < -0.4 is 20.4 Å². The van der Waals surface area contributed by atoms with Crippen LogP contribution in [0.15, 0.2) is 24.3 Å². The second kappa shape index (κ2) is 5.81. The van der Waals surface area contributed by atoms with Crippen LogP contribution >= 0.6 is 0 Å². The summed E-state index contributed by atoms with van der Waals surface area (Å²) < 4.78 is 19.1. The molecule has 2 atom stereocenters. The van der Waals surface area contributed by atoms with Crippen molar-refractivity contribution in [2.75, 3.05) is 0 Å². The first-order chi connectivity index (χ1) is 12.4. The molecule has 2 unspecified atom stereocenters. The van der Waals surface area contributed by atoms with Crippen molar-refractivity contribution in [3.05, 3.63) is 46.5 Å². The van der Waals surface area contributed by atoms with Gasteiger partial charge in [0.05, 0.1) is 11.1 Å². The van der Waals surface area contributed by atoms with Crippen molar-refractivity contribution in [2.24, 2.45) is 0 Å². The van der Waals surface area contributed by atoms with Crippen LogP contribution in [-0.2, 0) is 15.6 Å². The number of rotatable bonds is 0. The topological polar surface area (TPSA) is 27.7 Å². The molecule has 0 aromatic heterocycles. The first-order valence-corrected chi connectivity index (χ1v) is 9.74. The summed E-state index contributed by atoms with van der Waals surface area (Å²) in [4.78, 5) is 0. The van der Waals surface area contributed by atoms with Crippen LogP contribution in [0.25, 0.3) is 0 Å². The quantitative estimate of drug-likeness (QED) is 0.674. The molecule has 0 spiro atoms. The van der Waals surface area contributed by atoms with Gasteiger partial charge in [-0.3, -0.25) is 4.74 Å². The molecule has 0 saturated heterocycles. The van der Waals surface area contributed by atoms with Gasteiger partial charge in [0.25, 0.3) is 0 Å². The summed E-state index contributed by atoms with van der Waals surface area (Å²) in [6.45, 7) is 13.3. The summed E-state index contributed by atoms with van der Waals surface area (Å²) in [7, 11) is 4.23. The number of benzene rings is 2. The summed E-state index contributed by atoms with van der Waals surface area (Å²) in [5.41, 5.74) is 6.72. The molecule has 4 rings (SSSR count). The molecular formula is C22H28B2O3. The molecule has 27 heavy (non-hydrogen) atoms. The van der Waals surface area contributed by atoms with Gasteiger partial charge in [-0.15, -0.1) is 0 Å². The summed E-state index contributed by atoms with van der Waals surface area (Å²) in [6.07, 6.45) is -0.868. The first kappa shape index (κ1) is 18.5. The van der Waals surface area contributed by atoms with E-state index in [1.165, 1.54) is 22.1 Å². The van der Waals surface area contributed by atoms with Crippen LogP contribution in [0, 0.1) is 0 Å². The third-order valence-corrected chi connectivity index (χ3v) is 5.34. The number of hydrogen-bond donors (Lipinski definition) is 0. The fourth-order valence-corrected chi connectivity index (χ4v) is 3.99. The van der Waals surface area contributed by atoms with Crippen molar-refractivity contribution in [1.29, 1.82) is 0 Å². The zero-order valence-electron chi connectivity index (χ0n) is 17.7. The van der Waals surface area contributed by atoms with Crippen molar-refractivity contribution in [3.63, 3.8) is 0 Å². The molecular weight excluding hydrogens is 334 g/mol. The number of fused-ring (bicyclic) bond motifs is 6. The minimum Gasteiger partial charge on any atom is -0.459 e. The van der Waals surface area contributed by atoms with Gasteiger partial charge in [0.1, 0.15) is 27.2 Å². The van der Waals surface area contributed by atoms with Crippen LogP contribution in [0.5, 0.6) is 11.5 Å². The van der Waals surface area contributed by atoms with Gasteiger partial charge >= 0.3 is 0 Å². The average molecular weight is 362 g/mol. The average Bonchev–Trinajstić information content (AvgIpc) is 2.53. The van der Waals surface area contributed by atoms with E-state index in [2.05, 4.69) is 81.5 Å². The molecule has 0 radical (unpaired) electrons. The zero-order valence-corrected chi connectivity index (χ0v) is 17.7. The van der Waals surface area contributed by atoms with E-state index in [-0.39, 0.29) is 10.8 Å². The Labute approximate surface area is 164 Å². The van der Waals surface area contributed by atoms with Crippen LogP contribution in [0.4, 0.5) is 0 Å². The summed E-state index contributed by atoms with van der Waals surface area (Å²) in [6, 6.07) is 8.69. The van der Waals surface area contributed by atoms with E-state index in [1.807, 2.05) is 0 Å². The Bertz CT molecular complexity index is 847. The van der Waals surface area contributed by atoms with Crippen LogP contribution in [0.1, 0.15) is 76.4 Å². The second-order valence-corrected chi connectivity index (χ2v) is 10.00. The van der Waals surface area contributed by atoms with Crippen molar-refractivity contribution in [1.82, 2.24) is 0 Å². The fourth-order valence-electron chi connectivity index (χ4n) is 3.99. The highest BCUT2D eigenvalue weighted by Gasteiger charge is 2.42. The van der Waals surface area contributed by atoms with E-state index in [9.17, 15) is 0 Å². The van der Waals surface area contributed by atoms with Crippen molar-refractivity contribution >= 4 is 26.6 Å². The van der Waals surface area contributed by atoms with Gasteiger partial charge in [-0.2, -0.15) is 0 Å². The SMILES string of the molecule is Bc1cc2c(c(C(C)(C)C)c1)OC1OC2Oc2c1cc(B)cc2C(C)(C)C. The minimum absolute atomic E-state index is 0.0201. The Kier molecular flexibility index (Phi) is 3.98. The molecule has 2 aliphatic heterocycles. The van der Waals surface area contributed by atoms with Gasteiger partial charge in [0, 0.05) is 0 Å². The molecule has 2 aliphatic rings. The van der Waals surface area contributed by atoms with Crippen molar-refractivity contribution in [3.8, 4) is 11.5 Å². The predicted molar refractivity (Wildman–Crippen MR) is 114 cm³/mol. The van der Waals surface area contributed by atoms with Gasteiger partial charge in [0.2, 0.25) is 12.6 Å². The third kappa shape index (κ3) is 3.06. The summed E-state index contributed by atoms with van der Waals surface area (Å²) >= 11 is 0. The Hall–Kier alpha value is -1.87. The highest BCUT2D eigenvalue weighted by Crippen LogP contribution is 2.51. The van der Waals surface area contributed by atoms with E-state index in [0.717, 1.165) is 22.6 Å². The number of ether oxygens (including phenoxy) is 3. The lowest BCUT2D eigenvalue weighted by atomic mass is 9.79. The first-order valence-electron chi connectivity index (χ1n) is 9.74. The van der Waals surface area contributed by atoms with Gasteiger partial charge in [0.15, 0.2) is 0 Å². The molecule has 0 aliphatic carbocycles. The largest absolute Gasteiger partial charge is 0.459 e. The Morgan fingerprint density at radius 3 is 1.37 bits per heavy atom. The zero-order chi connectivity index (χ0) is 19.7. The van der Waals surface area contributed by atoms with Crippen molar-refractivity contribution in [2.45, 2.75) is 65.0 Å². The molecule has 140 valence electrons. The lowest BCUT2D eigenvalue weighted by Gasteiger charge is -2.42. The lowest BCUT2D eigenvalue weighted by Crippen LogP contribution is -2.35. The molecule has 2 bridgehead atoms. The van der Waals surface area contributed by atoms with E-state index < -0.39 is 12.6 Å². The Morgan fingerprint density at radius 2 is 1.04 bits per heavy atom.